The molecule has 0 unspecified atom stereocenters. The molecule has 0 radical (unpaired) electrons. The van der Waals surface area contributed by atoms with Crippen LogP contribution in [0.2, 0.25) is 0 Å². The highest BCUT2D eigenvalue weighted by Gasteiger charge is 2.05. The van der Waals surface area contributed by atoms with Crippen molar-refractivity contribution < 1.29 is 18.3 Å². The van der Waals surface area contributed by atoms with E-state index in [-0.39, 0.29) is 25.2 Å². The lowest BCUT2D eigenvalue weighted by Crippen LogP contribution is -2.10. The van der Waals surface area contributed by atoms with Gasteiger partial charge in [-0.1, -0.05) is 6.07 Å². The number of carbonyl (C=O) groups excluding carboxylic acids is 1. The average molecular weight is 229 g/mol. The first-order valence-electron chi connectivity index (χ1n) is 4.95. The first kappa shape index (κ1) is 12.7. The number of hydrogen-bond acceptors (Lipinski definition) is 3. The van der Waals surface area contributed by atoms with Gasteiger partial charge in [0.05, 0.1) is 6.61 Å². The molecule has 5 heteroatoms. The zero-order valence-corrected chi connectivity index (χ0v) is 8.73. The monoisotopic (exact) mass is 229 g/mol. The maximum absolute atomic E-state index is 11.7. The molecule has 0 aliphatic rings. The van der Waals surface area contributed by atoms with Crippen molar-refractivity contribution in [1.29, 1.82) is 0 Å². The first-order valence-corrected chi connectivity index (χ1v) is 4.95. The number of alkyl halides is 2. The molecular formula is C11H13F2NO2. The third-order valence-electron chi connectivity index (χ3n) is 1.89. The third-order valence-corrected chi connectivity index (χ3v) is 1.89. The molecule has 0 saturated carbocycles. The molecule has 1 aromatic rings. The van der Waals surface area contributed by atoms with Crippen LogP contribution in [-0.4, -0.2) is 30.4 Å². The highest BCUT2D eigenvalue weighted by molar-refractivity contribution is 5.80. The van der Waals surface area contributed by atoms with Crippen LogP contribution in [-0.2, 0) is 16.0 Å². The van der Waals surface area contributed by atoms with E-state index in [2.05, 4.69) is 9.72 Å². The summed E-state index contributed by atoms with van der Waals surface area (Å²) in [5, 5.41) is 0. The van der Waals surface area contributed by atoms with E-state index in [4.69, 9.17) is 0 Å². The summed E-state index contributed by atoms with van der Waals surface area (Å²) in [5.41, 5.74) is 0.821. The molecule has 0 N–H and O–H groups in total. The summed E-state index contributed by atoms with van der Waals surface area (Å²) in [7, 11) is 0. The van der Waals surface area contributed by atoms with Gasteiger partial charge in [0.1, 0.15) is 12.4 Å². The Morgan fingerprint density at radius 2 is 2.31 bits per heavy atom. The Kier molecular flexibility index (Phi) is 5.56. The minimum atomic E-state index is -2.48. The van der Waals surface area contributed by atoms with E-state index in [0.717, 1.165) is 5.56 Å². The minimum absolute atomic E-state index is 0.0396. The Morgan fingerprint density at radius 3 is 2.94 bits per heavy atom. The van der Waals surface area contributed by atoms with Gasteiger partial charge in [-0.15, -0.1) is 0 Å². The van der Waals surface area contributed by atoms with E-state index in [1.807, 2.05) is 0 Å². The molecule has 1 aromatic heterocycles. The molecule has 16 heavy (non-hydrogen) atoms. The molecule has 1 heterocycles. The highest BCUT2D eigenvalue weighted by atomic mass is 19.3. The van der Waals surface area contributed by atoms with Crippen molar-refractivity contribution in [3.8, 4) is 0 Å². The number of hydrogen-bond donors (Lipinski definition) is 0. The van der Waals surface area contributed by atoms with Crippen LogP contribution >= 0.6 is 0 Å². The van der Waals surface area contributed by atoms with Crippen molar-refractivity contribution >= 4 is 5.78 Å². The van der Waals surface area contributed by atoms with Crippen molar-refractivity contribution in [2.75, 3.05) is 13.2 Å². The van der Waals surface area contributed by atoms with E-state index in [0.29, 0.717) is 0 Å². The molecule has 88 valence electrons. The van der Waals surface area contributed by atoms with Crippen LogP contribution in [0.3, 0.4) is 0 Å². The molecule has 0 amide bonds. The predicted molar refractivity (Wildman–Crippen MR) is 54.4 cm³/mol. The Balaban J connectivity index is 2.17. The van der Waals surface area contributed by atoms with Gasteiger partial charge in [0.2, 0.25) is 0 Å². The van der Waals surface area contributed by atoms with Gasteiger partial charge in [-0.05, 0) is 11.6 Å². The van der Waals surface area contributed by atoms with E-state index >= 15 is 0 Å². The van der Waals surface area contributed by atoms with Crippen LogP contribution in [0, 0.1) is 0 Å². The molecule has 1 rings (SSSR count). The normalized spacial score (nSPS) is 10.7. The first-order chi connectivity index (χ1) is 7.68. The number of rotatable bonds is 7. The molecule has 3 nitrogen and oxygen atoms in total. The van der Waals surface area contributed by atoms with Gasteiger partial charge >= 0.3 is 0 Å². The molecule has 0 aliphatic carbocycles. The molecule has 0 bridgehead atoms. The second-order valence-corrected chi connectivity index (χ2v) is 3.29. The van der Waals surface area contributed by atoms with Gasteiger partial charge in [0.25, 0.3) is 6.43 Å². The fraction of sp³-hybridized carbons (Fsp3) is 0.455. The Hall–Kier alpha value is -1.36. The second kappa shape index (κ2) is 7.00. The van der Waals surface area contributed by atoms with E-state index < -0.39 is 13.0 Å². The molecule has 0 aliphatic heterocycles. The van der Waals surface area contributed by atoms with Crippen LogP contribution in [0.4, 0.5) is 8.78 Å². The van der Waals surface area contributed by atoms with E-state index in [1.165, 1.54) is 0 Å². The minimum Gasteiger partial charge on any atom is -0.375 e. The number of pyridine rings is 1. The Morgan fingerprint density at radius 1 is 1.50 bits per heavy atom. The van der Waals surface area contributed by atoms with Crippen LogP contribution in [0.1, 0.15) is 12.0 Å². The van der Waals surface area contributed by atoms with Crippen LogP contribution in [0.15, 0.2) is 24.5 Å². The third kappa shape index (κ3) is 5.50. The SMILES string of the molecule is O=C(CCOCC(F)F)Cc1cccnc1. The largest absolute Gasteiger partial charge is 0.375 e. The topological polar surface area (TPSA) is 39.2 Å². The van der Waals surface area contributed by atoms with Crippen molar-refractivity contribution in [2.24, 2.45) is 0 Å². The van der Waals surface area contributed by atoms with E-state index in [9.17, 15) is 13.6 Å². The van der Waals surface area contributed by atoms with Crippen molar-refractivity contribution in [3.63, 3.8) is 0 Å². The Labute approximate surface area is 92.4 Å². The maximum atomic E-state index is 11.7. The summed E-state index contributed by atoms with van der Waals surface area (Å²) < 4.78 is 28.0. The number of Topliss-reactive ketones (excluding diaryl/α,β-unsaturated/α-hetero) is 1. The fourth-order valence-electron chi connectivity index (χ4n) is 1.18. The fourth-order valence-corrected chi connectivity index (χ4v) is 1.18. The van der Waals surface area contributed by atoms with Crippen molar-refractivity contribution in [1.82, 2.24) is 4.98 Å². The number of ether oxygens (including phenoxy) is 1. The van der Waals surface area contributed by atoms with Gasteiger partial charge in [-0.2, -0.15) is 0 Å². The van der Waals surface area contributed by atoms with Crippen molar-refractivity contribution in [2.45, 2.75) is 19.3 Å². The van der Waals surface area contributed by atoms with Gasteiger partial charge in [-0.3, -0.25) is 9.78 Å². The van der Waals surface area contributed by atoms with Gasteiger partial charge in [0.15, 0.2) is 0 Å². The van der Waals surface area contributed by atoms with Gasteiger partial charge < -0.3 is 4.74 Å². The number of halogens is 2. The lowest BCUT2D eigenvalue weighted by molar-refractivity contribution is -0.119. The van der Waals surface area contributed by atoms with Gasteiger partial charge in [-0.25, -0.2) is 8.78 Å². The zero-order valence-electron chi connectivity index (χ0n) is 8.73. The Bertz CT molecular complexity index is 317. The molecule has 0 spiro atoms. The summed E-state index contributed by atoms with van der Waals surface area (Å²) in [4.78, 5) is 15.2. The smallest absolute Gasteiger partial charge is 0.261 e. The second-order valence-electron chi connectivity index (χ2n) is 3.29. The lowest BCUT2D eigenvalue weighted by Gasteiger charge is -2.03. The molecule has 0 aromatic carbocycles. The number of aromatic nitrogens is 1. The molecular weight excluding hydrogens is 216 g/mol. The van der Waals surface area contributed by atoms with Crippen LogP contribution < -0.4 is 0 Å². The lowest BCUT2D eigenvalue weighted by atomic mass is 10.1. The highest BCUT2D eigenvalue weighted by Crippen LogP contribution is 2.01. The summed E-state index contributed by atoms with van der Waals surface area (Å²) in [5.74, 6) is -0.0396. The average Bonchev–Trinajstić information content (AvgIpc) is 2.25. The predicted octanol–water partition coefficient (Wildman–Crippen LogP) is 1.86. The summed E-state index contributed by atoms with van der Waals surface area (Å²) in [6, 6.07) is 3.54. The molecule has 0 atom stereocenters. The van der Waals surface area contributed by atoms with Crippen LogP contribution in [0.5, 0.6) is 0 Å². The quantitative estimate of drug-likeness (QED) is 0.670. The summed E-state index contributed by atoms with van der Waals surface area (Å²) in [6.45, 7) is -0.566. The molecule has 0 fully saturated rings. The number of ketones is 1. The van der Waals surface area contributed by atoms with Gasteiger partial charge in [0, 0.05) is 25.2 Å². The van der Waals surface area contributed by atoms with Crippen molar-refractivity contribution in [3.05, 3.63) is 30.1 Å². The summed E-state index contributed by atoms with van der Waals surface area (Å²) in [6.07, 6.45) is 1.18. The standard InChI is InChI=1S/C11H13F2NO2/c12-11(13)8-16-5-3-10(15)6-9-2-1-4-14-7-9/h1-2,4,7,11H,3,5-6,8H2. The number of carbonyl (C=O) groups is 1. The van der Waals surface area contributed by atoms with E-state index in [1.54, 1.807) is 24.5 Å². The molecule has 0 saturated heterocycles. The summed E-state index contributed by atoms with van der Waals surface area (Å²) >= 11 is 0. The number of nitrogens with zero attached hydrogens (tertiary/aromatic N) is 1. The maximum Gasteiger partial charge on any atom is 0.261 e. The van der Waals surface area contributed by atoms with Crippen LogP contribution in [0.25, 0.3) is 0 Å². The zero-order chi connectivity index (χ0) is 11.8.